The Bertz CT molecular complexity index is 912. The first-order chi connectivity index (χ1) is 13.0. The third kappa shape index (κ3) is 4.35. The highest BCUT2D eigenvalue weighted by atomic mass is 32.2. The molecule has 2 aromatic rings. The molecule has 1 unspecified atom stereocenters. The number of hydrogen-bond acceptors (Lipinski definition) is 6. The molecule has 0 aliphatic carbocycles. The van der Waals surface area contributed by atoms with E-state index in [-0.39, 0.29) is 5.56 Å². The maximum absolute atomic E-state index is 12.6. The molecule has 8 heteroatoms. The zero-order valence-corrected chi connectivity index (χ0v) is 14.8. The molecule has 1 aliphatic rings. The summed E-state index contributed by atoms with van der Waals surface area (Å²) >= 11 is 0.786. The largest absolute Gasteiger partial charge is 0.489 e. The first kappa shape index (κ1) is 18.7. The van der Waals surface area contributed by atoms with Crippen molar-refractivity contribution in [2.75, 3.05) is 6.54 Å². The Labute approximate surface area is 158 Å². The molecule has 2 N–H and O–H groups in total. The van der Waals surface area contributed by atoms with Gasteiger partial charge in [-0.2, -0.15) is 0 Å². The number of hydrogen-bond donors (Lipinski definition) is 2. The molecular formula is C19H15NO6S. The maximum atomic E-state index is 12.6. The monoisotopic (exact) mass is 385 g/mol. The number of Topliss-reactive ketones (excluding diaryl/α,β-unsaturated/α-hetero) is 1. The van der Waals surface area contributed by atoms with Crippen molar-refractivity contribution in [2.24, 2.45) is 5.92 Å². The summed E-state index contributed by atoms with van der Waals surface area (Å²) < 4.78 is 5.68. The molecule has 0 fully saturated rings. The van der Waals surface area contributed by atoms with Gasteiger partial charge < -0.3 is 15.2 Å². The minimum absolute atomic E-state index is 0.209. The van der Waals surface area contributed by atoms with Gasteiger partial charge in [0, 0.05) is 10.5 Å². The number of carboxylic acids is 1. The molecule has 1 heterocycles. The Hall–Kier alpha value is -3.13. The molecular weight excluding hydrogens is 370 g/mol. The van der Waals surface area contributed by atoms with Crippen LogP contribution in [0.4, 0.5) is 0 Å². The second-order valence-electron chi connectivity index (χ2n) is 5.76. The second kappa shape index (κ2) is 8.05. The van der Waals surface area contributed by atoms with E-state index in [2.05, 4.69) is 5.32 Å². The van der Waals surface area contributed by atoms with Gasteiger partial charge in [-0.15, -0.1) is 0 Å². The SMILES string of the molecule is O=C(O)CNC(=O)C1C(=O)Sc2ccc(OCc3ccccc3)cc2C1=O. The van der Waals surface area contributed by atoms with Crippen molar-refractivity contribution in [3.8, 4) is 5.75 Å². The summed E-state index contributed by atoms with van der Waals surface area (Å²) in [6, 6.07) is 14.2. The molecule has 1 atom stereocenters. The first-order valence-electron chi connectivity index (χ1n) is 8.02. The number of carboxylic acid groups (broad SMARTS) is 1. The Kier molecular flexibility index (Phi) is 5.56. The van der Waals surface area contributed by atoms with Crippen LogP contribution in [0.2, 0.25) is 0 Å². The number of rotatable bonds is 6. The highest BCUT2D eigenvalue weighted by molar-refractivity contribution is 8.14. The molecule has 0 aromatic heterocycles. The van der Waals surface area contributed by atoms with Crippen molar-refractivity contribution in [1.29, 1.82) is 0 Å². The Morgan fingerprint density at radius 2 is 1.85 bits per heavy atom. The minimum atomic E-state index is -1.56. The molecule has 2 aromatic carbocycles. The van der Waals surface area contributed by atoms with Crippen LogP contribution in [0.15, 0.2) is 53.4 Å². The van der Waals surface area contributed by atoms with Gasteiger partial charge in [0.15, 0.2) is 11.7 Å². The topological polar surface area (TPSA) is 110 Å². The standard InChI is InChI=1S/C19H15NO6S/c21-15(22)9-20-18(24)16-17(23)13-8-12(6-7-14(13)27-19(16)25)26-10-11-4-2-1-3-5-11/h1-8,16H,9-10H2,(H,20,24)(H,21,22). The van der Waals surface area contributed by atoms with Crippen molar-refractivity contribution >= 4 is 34.5 Å². The number of nitrogens with one attached hydrogen (secondary N) is 1. The Morgan fingerprint density at radius 3 is 2.56 bits per heavy atom. The number of amides is 1. The van der Waals surface area contributed by atoms with E-state index in [1.54, 1.807) is 12.1 Å². The van der Waals surface area contributed by atoms with Gasteiger partial charge in [-0.1, -0.05) is 30.3 Å². The molecule has 0 bridgehead atoms. The molecule has 0 saturated carbocycles. The van der Waals surface area contributed by atoms with Gasteiger partial charge >= 0.3 is 5.97 Å². The third-order valence-electron chi connectivity index (χ3n) is 3.85. The van der Waals surface area contributed by atoms with E-state index in [0.29, 0.717) is 17.3 Å². The number of ketones is 1. The smallest absolute Gasteiger partial charge is 0.322 e. The molecule has 138 valence electrons. The van der Waals surface area contributed by atoms with E-state index in [1.165, 1.54) is 6.07 Å². The fourth-order valence-electron chi connectivity index (χ4n) is 2.54. The van der Waals surface area contributed by atoms with Crippen molar-refractivity contribution < 1.29 is 29.0 Å². The quantitative estimate of drug-likeness (QED) is 0.731. The van der Waals surface area contributed by atoms with Gasteiger partial charge in [-0.05, 0) is 35.5 Å². The summed E-state index contributed by atoms with van der Waals surface area (Å²) in [6.45, 7) is -0.351. The third-order valence-corrected chi connectivity index (χ3v) is 4.86. The lowest BCUT2D eigenvalue weighted by Gasteiger charge is -2.21. The van der Waals surface area contributed by atoms with E-state index >= 15 is 0 Å². The van der Waals surface area contributed by atoms with E-state index in [9.17, 15) is 19.2 Å². The van der Waals surface area contributed by atoms with Gasteiger partial charge in [0.1, 0.15) is 18.9 Å². The van der Waals surface area contributed by atoms with Gasteiger partial charge in [0.2, 0.25) is 11.0 Å². The summed E-state index contributed by atoms with van der Waals surface area (Å²) in [5, 5.41) is 10.1. The van der Waals surface area contributed by atoms with Crippen LogP contribution >= 0.6 is 11.8 Å². The zero-order valence-electron chi connectivity index (χ0n) is 14.0. The van der Waals surface area contributed by atoms with Crippen molar-refractivity contribution in [3.05, 3.63) is 59.7 Å². The lowest BCUT2D eigenvalue weighted by Crippen LogP contribution is -2.42. The lowest BCUT2D eigenvalue weighted by atomic mass is 9.97. The number of benzene rings is 2. The van der Waals surface area contributed by atoms with E-state index < -0.39 is 35.2 Å². The number of thioether (sulfide) groups is 1. The first-order valence-corrected chi connectivity index (χ1v) is 8.83. The Balaban J connectivity index is 1.77. The van der Waals surface area contributed by atoms with Crippen LogP contribution < -0.4 is 10.1 Å². The van der Waals surface area contributed by atoms with Crippen LogP contribution in [0.3, 0.4) is 0 Å². The highest BCUT2D eigenvalue weighted by Crippen LogP contribution is 2.36. The van der Waals surface area contributed by atoms with Crippen molar-refractivity contribution in [1.82, 2.24) is 5.32 Å². The molecule has 0 saturated heterocycles. The summed E-state index contributed by atoms with van der Waals surface area (Å²) in [4.78, 5) is 47.9. The van der Waals surface area contributed by atoms with Crippen LogP contribution in [-0.2, 0) is 21.0 Å². The average molecular weight is 385 g/mol. The molecule has 1 aliphatic heterocycles. The fourth-order valence-corrected chi connectivity index (χ4v) is 3.50. The van der Waals surface area contributed by atoms with E-state index in [4.69, 9.17) is 9.84 Å². The minimum Gasteiger partial charge on any atom is -0.489 e. The van der Waals surface area contributed by atoms with Gasteiger partial charge in [0.25, 0.3) is 0 Å². The number of carbonyl (C=O) groups excluding carboxylic acids is 3. The molecule has 0 spiro atoms. The van der Waals surface area contributed by atoms with Crippen LogP contribution in [0.1, 0.15) is 15.9 Å². The number of fused-ring (bicyclic) bond motifs is 1. The van der Waals surface area contributed by atoms with Gasteiger partial charge in [-0.3, -0.25) is 19.2 Å². The lowest BCUT2D eigenvalue weighted by molar-refractivity contribution is -0.139. The molecule has 1 amide bonds. The molecule has 27 heavy (non-hydrogen) atoms. The molecule has 0 radical (unpaired) electrons. The van der Waals surface area contributed by atoms with E-state index in [1.807, 2.05) is 30.3 Å². The second-order valence-corrected chi connectivity index (χ2v) is 6.81. The van der Waals surface area contributed by atoms with Crippen LogP contribution in [-0.4, -0.2) is 34.4 Å². The van der Waals surface area contributed by atoms with Crippen LogP contribution in [0.25, 0.3) is 0 Å². The normalized spacial score (nSPS) is 15.8. The van der Waals surface area contributed by atoms with Crippen molar-refractivity contribution in [2.45, 2.75) is 11.5 Å². The zero-order chi connectivity index (χ0) is 19.4. The maximum Gasteiger partial charge on any atom is 0.322 e. The van der Waals surface area contributed by atoms with Crippen LogP contribution in [0.5, 0.6) is 5.75 Å². The molecule has 7 nitrogen and oxygen atoms in total. The fraction of sp³-hybridized carbons (Fsp3) is 0.158. The highest BCUT2D eigenvalue weighted by Gasteiger charge is 2.40. The summed E-state index contributed by atoms with van der Waals surface area (Å²) in [6.07, 6.45) is 0. The van der Waals surface area contributed by atoms with Gasteiger partial charge in [0.05, 0.1) is 0 Å². The molecule has 3 rings (SSSR count). The van der Waals surface area contributed by atoms with E-state index in [0.717, 1.165) is 17.3 Å². The van der Waals surface area contributed by atoms with Gasteiger partial charge in [-0.25, -0.2) is 0 Å². The predicted molar refractivity (Wildman–Crippen MR) is 96.5 cm³/mol. The summed E-state index contributed by atoms with van der Waals surface area (Å²) in [5.74, 6) is -3.97. The average Bonchev–Trinajstić information content (AvgIpc) is 2.66. The van der Waals surface area contributed by atoms with Crippen LogP contribution in [0, 0.1) is 5.92 Å². The van der Waals surface area contributed by atoms with Crippen molar-refractivity contribution in [3.63, 3.8) is 0 Å². The number of ether oxygens (including phenoxy) is 1. The summed E-state index contributed by atoms with van der Waals surface area (Å²) in [7, 11) is 0. The Morgan fingerprint density at radius 1 is 1.11 bits per heavy atom. The predicted octanol–water partition coefficient (Wildman–Crippen LogP) is 1.90. The number of aliphatic carboxylic acids is 1. The number of carbonyl (C=O) groups is 4. The summed E-state index contributed by atoms with van der Waals surface area (Å²) in [5.41, 5.74) is 1.16.